The van der Waals surface area contributed by atoms with Gasteiger partial charge in [0.25, 0.3) is 16.0 Å². The van der Waals surface area contributed by atoms with Crippen molar-refractivity contribution in [1.29, 1.82) is 0 Å². The van der Waals surface area contributed by atoms with Crippen LogP contribution < -0.4 is 9.86 Å². The molecule has 0 bridgehead atoms. The minimum Gasteiger partial charge on any atom is -0.493 e. The predicted octanol–water partition coefficient (Wildman–Crippen LogP) is 4.28. The van der Waals surface area contributed by atoms with Crippen molar-refractivity contribution >= 4 is 21.7 Å². The maximum Gasteiger partial charge on any atom is 0.295 e. The van der Waals surface area contributed by atoms with Crippen molar-refractivity contribution in [2.75, 3.05) is 12.2 Å². The number of anilines is 1. The van der Waals surface area contributed by atoms with Crippen molar-refractivity contribution < 1.29 is 31.4 Å². The van der Waals surface area contributed by atoms with Crippen LogP contribution in [0.25, 0.3) is 11.1 Å². The largest absolute Gasteiger partial charge is 0.493 e. The van der Waals surface area contributed by atoms with E-state index in [-0.39, 0.29) is 5.75 Å². The summed E-state index contributed by atoms with van der Waals surface area (Å²) < 4.78 is 67.0. The van der Waals surface area contributed by atoms with Crippen LogP contribution >= 0.6 is 0 Å². The van der Waals surface area contributed by atoms with Gasteiger partial charge in [0.15, 0.2) is 11.6 Å². The molecule has 150 valence electrons. The third kappa shape index (κ3) is 3.96. The van der Waals surface area contributed by atoms with Crippen molar-refractivity contribution in [1.82, 2.24) is 0 Å². The van der Waals surface area contributed by atoms with Gasteiger partial charge in [-0.2, -0.15) is 8.42 Å². The highest BCUT2D eigenvalue weighted by Gasteiger charge is 2.29. The molecule has 29 heavy (non-hydrogen) atoms. The van der Waals surface area contributed by atoms with Crippen molar-refractivity contribution in [3.05, 3.63) is 78.1 Å². The number of carbonyl (C=O) groups excluding carboxylic acids is 1. The summed E-state index contributed by atoms with van der Waals surface area (Å²) in [4.78, 5) is 11.7. The molecule has 3 rings (SSSR count). The van der Waals surface area contributed by atoms with Gasteiger partial charge in [-0.1, -0.05) is 46.9 Å². The van der Waals surface area contributed by atoms with Gasteiger partial charge in [0.05, 0.1) is 12.7 Å². The van der Waals surface area contributed by atoms with Crippen LogP contribution in [0.2, 0.25) is 0 Å². The summed E-state index contributed by atoms with van der Waals surface area (Å²) in [5.74, 6) is -2.90. The van der Waals surface area contributed by atoms with E-state index in [0.717, 1.165) is 18.2 Å². The van der Waals surface area contributed by atoms with Gasteiger partial charge in [0.2, 0.25) is 0 Å². The predicted molar refractivity (Wildman–Crippen MR) is 103 cm³/mol. The van der Waals surface area contributed by atoms with Crippen molar-refractivity contribution in [3.8, 4) is 16.9 Å². The Morgan fingerprint density at radius 2 is 1.62 bits per heavy atom. The molecule has 0 radical (unpaired) electrons. The summed E-state index contributed by atoms with van der Waals surface area (Å²) in [6.45, 7) is 0. The van der Waals surface area contributed by atoms with Crippen molar-refractivity contribution in [2.24, 2.45) is 0 Å². The summed E-state index contributed by atoms with van der Waals surface area (Å²) in [5, 5.41) is -0.531. The van der Waals surface area contributed by atoms with Crippen LogP contribution in [0.3, 0.4) is 0 Å². The molecule has 0 aromatic heterocycles. The lowest BCUT2D eigenvalue weighted by Crippen LogP contribution is -2.25. The second kappa shape index (κ2) is 7.98. The van der Waals surface area contributed by atoms with Crippen molar-refractivity contribution in [2.45, 2.75) is 4.90 Å². The van der Waals surface area contributed by atoms with Gasteiger partial charge in [-0.25, -0.2) is 4.39 Å². The van der Waals surface area contributed by atoms with E-state index < -0.39 is 43.1 Å². The molecule has 0 saturated carbocycles. The molecule has 0 saturated heterocycles. The van der Waals surface area contributed by atoms with E-state index in [2.05, 4.69) is 0 Å². The number of rotatable bonds is 5. The Morgan fingerprint density at radius 1 is 1.00 bits per heavy atom. The van der Waals surface area contributed by atoms with E-state index in [4.69, 9.17) is 4.74 Å². The van der Waals surface area contributed by atoms with Crippen LogP contribution in [-0.2, 0) is 10.1 Å². The summed E-state index contributed by atoms with van der Waals surface area (Å²) in [7, 11) is -3.59. The van der Waals surface area contributed by atoms with Crippen LogP contribution in [0.1, 0.15) is 10.4 Å². The average molecular weight is 419 g/mol. The fraction of sp³-hybridized carbons (Fsp3) is 0.0500. The standard InChI is InChI=1S/C20H15F2NO5S/c1-28-19-14(13-7-3-2-4-8-13)11-12-16(18(19)21)23(22)20(24)15-9-5-6-10-17(15)29(25,26)27/h2-12H,1H3,(H,25,26,27). The summed E-state index contributed by atoms with van der Waals surface area (Å²) in [6.07, 6.45) is 0. The number of nitrogens with zero attached hydrogens (tertiary/aromatic N) is 1. The number of amides is 1. The zero-order valence-corrected chi connectivity index (χ0v) is 15.9. The smallest absolute Gasteiger partial charge is 0.295 e. The van der Waals surface area contributed by atoms with E-state index in [0.29, 0.717) is 11.1 Å². The first-order valence-electron chi connectivity index (χ1n) is 8.24. The number of carbonyl (C=O) groups is 1. The number of hydrogen-bond donors (Lipinski definition) is 1. The van der Waals surface area contributed by atoms with Gasteiger partial charge >= 0.3 is 0 Å². The van der Waals surface area contributed by atoms with Crippen LogP contribution in [0, 0.1) is 5.82 Å². The molecule has 3 aromatic rings. The minimum absolute atomic E-state index is 0.285. The lowest BCUT2D eigenvalue weighted by molar-refractivity contribution is 0.0926. The molecule has 0 unspecified atom stereocenters. The highest BCUT2D eigenvalue weighted by atomic mass is 32.2. The SMILES string of the molecule is COc1c(-c2ccccc2)ccc(N(F)C(=O)c2ccccc2S(=O)(=O)O)c1F. The number of halogens is 2. The number of ether oxygens (including phenoxy) is 1. The molecular weight excluding hydrogens is 404 g/mol. The third-order valence-corrected chi connectivity index (χ3v) is 5.06. The average Bonchev–Trinajstić information content (AvgIpc) is 2.72. The Morgan fingerprint density at radius 3 is 2.24 bits per heavy atom. The molecule has 0 spiro atoms. The van der Waals surface area contributed by atoms with Gasteiger partial charge < -0.3 is 4.74 Å². The fourth-order valence-electron chi connectivity index (χ4n) is 2.83. The molecule has 0 aliphatic rings. The fourth-order valence-corrected chi connectivity index (χ4v) is 3.51. The Balaban J connectivity index is 2.07. The zero-order valence-electron chi connectivity index (χ0n) is 15.0. The maximum absolute atomic E-state index is 15.0. The lowest BCUT2D eigenvalue weighted by Gasteiger charge is -2.17. The van der Waals surface area contributed by atoms with Crippen LogP contribution in [0.5, 0.6) is 5.75 Å². The van der Waals surface area contributed by atoms with E-state index >= 15 is 0 Å². The van der Waals surface area contributed by atoms with Gasteiger partial charge in [0.1, 0.15) is 10.6 Å². The Hall–Kier alpha value is -3.30. The van der Waals surface area contributed by atoms with Gasteiger partial charge in [-0.05, 0) is 29.8 Å². The molecular formula is C20H15F2NO5S. The van der Waals surface area contributed by atoms with E-state index in [1.807, 2.05) is 0 Å². The third-order valence-electron chi connectivity index (χ3n) is 4.15. The number of hydrogen-bond acceptors (Lipinski definition) is 4. The topological polar surface area (TPSA) is 83.9 Å². The van der Waals surface area contributed by atoms with E-state index in [1.165, 1.54) is 25.3 Å². The maximum atomic E-state index is 15.0. The zero-order chi connectivity index (χ0) is 21.2. The molecule has 0 atom stereocenters. The van der Waals surface area contributed by atoms with Gasteiger partial charge in [0, 0.05) is 5.56 Å². The first-order valence-corrected chi connectivity index (χ1v) is 9.68. The molecule has 6 nitrogen and oxygen atoms in total. The Labute approximate surface area is 165 Å². The summed E-state index contributed by atoms with van der Waals surface area (Å²) in [6, 6.07) is 15.5. The van der Waals surface area contributed by atoms with Crippen LogP contribution in [0.15, 0.2) is 71.6 Å². The number of benzene rings is 3. The molecule has 0 fully saturated rings. The summed E-state index contributed by atoms with van der Waals surface area (Å²) in [5.41, 5.74) is -0.462. The molecule has 1 N–H and O–H groups in total. The second-order valence-electron chi connectivity index (χ2n) is 5.90. The molecule has 0 aliphatic heterocycles. The van der Waals surface area contributed by atoms with E-state index in [9.17, 15) is 26.6 Å². The van der Waals surface area contributed by atoms with Crippen LogP contribution in [-0.4, -0.2) is 26.0 Å². The molecule has 3 aromatic carbocycles. The first-order chi connectivity index (χ1) is 13.8. The highest BCUT2D eigenvalue weighted by Crippen LogP contribution is 2.38. The highest BCUT2D eigenvalue weighted by molar-refractivity contribution is 7.86. The number of methoxy groups -OCH3 is 1. The summed E-state index contributed by atoms with van der Waals surface area (Å²) >= 11 is 0. The lowest BCUT2D eigenvalue weighted by atomic mass is 10.0. The minimum atomic E-state index is -4.79. The quantitative estimate of drug-likeness (QED) is 0.493. The van der Waals surface area contributed by atoms with Gasteiger partial charge in [-0.15, -0.1) is 5.12 Å². The van der Waals surface area contributed by atoms with E-state index in [1.54, 1.807) is 30.3 Å². The molecule has 0 aliphatic carbocycles. The first kappa shape index (κ1) is 20.4. The molecule has 9 heteroatoms. The molecule has 0 heterocycles. The normalized spacial score (nSPS) is 11.2. The van der Waals surface area contributed by atoms with Crippen LogP contribution in [0.4, 0.5) is 14.6 Å². The monoisotopic (exact) mass is 419 g/mol. The molecule has 1 amide bonds. The Bertz CT molecular complexity index is 1170. The van der Waals surface area contributed by atoms with Crippen molar-refractivity contribution in [3.63, 3.8) is 0 Å². The Kier molecular flexibility index (Phi) is 5.62. The van der Waals surface area contributed by atoms with Gasteiger partial charge in [-0.3, -0.25) is 9.35 Å². The second-order valence-corrected chi connectivity index (χ2v) is 7.29.